The molecule has 1 unspecified atom stereocenters. The molecule has 1 aromatic heterocycles. The van der Waals surface area contributed by atoms with Gasteiger partial charge in [0.15, 0.2) is 0 Å². The van der Waals surface area contributed by atoms with Gasteiger partial charge in [0, 0.05) is 6.04 Å². The maximum Gasteiger partial charge on any atom is 0.0136 e. The van der Waals surface area contributed by atoms with E-state index in [0.29, 0.717) is 11.5 Å². The Bertz CT molecular complexity index is 285. The van der Waals surface area contributed by atoms with Crippen LogP contribution in [0.4, 0.5) is 0 Å². The highest BCUT2D eigenvalue weighted by atomic mass is 32.1. The third-order valence-corrected chi connectivity index (χ3v) is 4.86. The molecule has 1 fully saturated rings. The lowest BCUT2D eigenvalue weighted by Gasteiger charge is -2.34. The lowest BCUT2D eigenvalue weighted by Crippen LogP contribution is -2.41. The molecule has 0 spiro atoms. The van der Waals surface area contributed by atoms with Gasteiger partial charge in [0.25, 0.3) is 0 Å². The molecular formula is C13H21NS. The maximum absolute atomic E-state index is 6.42. The molecule has 1 heterocycles. The van der Waals surface area contributed by atoms with E-state index < -0.39 is 0 Å². The zero-order valence-corrected chi connectivity index (χ0v) is 10.4. The second kappa shape index (κ2) is 4.67. The second-order valence-corrected chi connectivity index (χ2v) is 5.65. The summed E-state index contributed by atoms with van der Waals surface area (Å²) in [4.78, 5) is 0. The highest BCUT2D eigenvalue weighted by Crippen LogP contribution is 2.43. The molecule has 2 heteroatoms. The van der Waals surface area contributed by atoms with E-state index in [1.807, 2.05) is 0 Å². The summed E-state index contributed by atoms with van der Waals surface area (Å²) in [5, 5.41) is 4.38. The van der Waals surface area contributed by atoms with Crippen molar-refractivity contribution >= 4 is 11.3 Å². The average molecular weight is 223 g/mol. The molecule has 1 aliphatic carbocycles. The van der Waals surface area contributed by atoms with Crippen LogP contribution in [0.25, 0.3) is 0 Å². The predicted octanol–water partition coefficient (Wildman–Crippen LogP) is 3.59. The number of hydrogen-bond acceptors (Lipinski definition) is 2. The minimum atomic E-state index is 0.361. The largest absolute Gasteiger partial charge is 0.327 e. The Morgan fingerprint density at radius 2 is 2.20 bits per heavy atom. The molecule has 0 amide bonds. The van der Waals surface area contributed by atoms with E-state index in [1.54, 1.807) is 11.3 Å². The molecule has 0 radical (unpaired) electrons. The van der Waals surface area contributed by atoms with E-state index in [1.165, 1.54) is 37.7 Å². The topological polar surface area (TPSA) is 26.0 Å². The molecule has 1 aliphatic rings. The van der Waals surface area contributed by atoms with Crippen LogP contribution in [0.3, 0.4) is 0 Å². The van der Waals surface area contributed by atoms with Crippen LogP contribution in [0.2, 0.25) is 0 Å². The molecule has 15 heavy (non-hydrogen) atoms. The monoisotopic (exact) mass is 223 g/mol. The fraction of sp³-hybridized carbons (Fsp3) is 0.692. The first-order valence-corrected chi connectivity index (χ1v) is 6.98. The second-order valence-electron chi connectivity index (χ2n) is 4.87. The van der Waals surface area contributed by atoms with Gasteiger partial charge >= 0.3 is 0 Å². The van der Waals surface area contributed by atoms with Crippen LogP contribution in [0.15, 0.2) is 16.8 Å². The molecule has 0 aromatic carbocycles. The van der Waals surface area contributed by atoms with Crippen molar-refractivity contribution in [1.29, 1.82) is 0 Å². The van der Waals surface area contributed by atoms with Crippen molar-refractivity contribution in [2.24, 2.45) is 11.1 Å². The SMILES string of the molecule is CCC1(C(N)Cc2ccsc2)CCCC1. The van der Waals surface area contributed by atoms with E-state index in [0.717, 1.165) is 6.42 Å². The summed E-state index contributed by atoms with van der Waals surface area (Å²) in [6.45, 7) is 2.30. The van der Waals surface area contributed by atoms with Gasteiger partial charge in [-0.15, -0.1) is 0 Å². The zero-order valence-electron chi connectivity index (χ0n) is 9.54. The third-order valence-electron chi connectivity index (χ3n) is 4.13. The predicted molar refractivity (Wildman–Crippen MR) is 67.2 cm³/mol. The summed E-state index contributed by atoms with van der Waals surface area (Å²) < 4.78 is 0. The summed E-state index contributed by atoms with van der Waals surface area (Å²) in [6, 6.07) is 2.57. The number of hydrogen-bond donors (Lipinski definition) is 1. The van der Waals surface area contributed by atoms with Crippen LogP contribution in [0, 0.1) is 5.41 Å². The molecule has 0 bridgehead atoms. The van der Waals surface area contributed by atoms with Crippen molar-refractivity contribution in [3.05, 3.63) is 22.4 Å². The Morgan fingerprint density at radius 1 is 1.47 bits per heavy atom. The zero-order chi connectivity index (χ0) is 10.7. The van der Waals surface area contributed by atoms with Crippen molar-refractivity contribution in [2.75, 3.05) is 0 Å². The number of nitrogens with two attached hydrogens (primary N) is 1. The third kappa shape index (κ3) is 2.26. The van der Waals surface area contributed by atoms with E-state index in [2.05, 4.69) is 23.8 Å². The van der Waals surface area contributed by atoms with E-state index in [-0.39, 0.29) is 0 Å². The minimum Gasteiger partial charge on any atom is -0.327 e. The smallest absolute Gasteiger partial charge is 0.0136 e. The molecule has 0 saturated heterocycles. The fourth-order valence-corrected chi connectivity index (χ4v) is 3.63. The molecular weight excluding hydrogens is 202 g/mol. The molecule has 0 aliphatic heterocycles. The quantitative estimate of drug-likeness (QED) is 0.829. The standard InChI is InChI=1S/C13H21NS/c1-2-13(6-3-4-7-13)12(14)9-11-5-8-15-10-11/h5,8,10,12H,2-4,6-7,9,14H2,1H3. The lowest BCUT2D eigenvalue weighted by molar-refractivity contribution is 0.219. The van der Waals surface area contributed by atoms with Crippen molar-refractivity contribution in [3.63, 3.8) is 0 Å². The van der Waals surface area contributed by atoms with Crippen LogP contribution >= 0.6 is 11.3 Å². The first-order valence-electron chi connectivity index (χ1n) is 6.03. The fourth-order valence-electron chi connectivity index (χ4n) is 2.94. The van der Waals surface area contributed by atoms with Crippen molar-refractivity contribution in [1.82, 2.24) is 0 Å². The van der Waals surface area contributed by atoms with Gasteiger partial charge in [0.1, 0.15) is 0 Å². The summed E-state index contributed by atoms with van der Waals surface area (Å²) >= 11 is 1.78. The Kier molecular flexibility index (Phi) is 3.47. The maximum atomic E-state index is 6.42. The van der Waals surface area contributed by atoms with Crippen LogP contribution in [-0.4, -0.2) is 6.04 Å². The van der Waals surface area contributed by atoms with Gasteiger partial charge in [-0.25, -0.2) is 0 Å². The van der Waals surface area contributed by atoms with Crippen molar-refractivity contribution in [3.8, 4) is 0 Å². The van der Waals surface area contributed by atoms with Crippen LogP contribution in [0.1, 0.15) is 44.6 Å². The highest BCUT2D eigenvalue weighted by Gasteiger charge is 2.37. The number of rotatable bonds is 4. The molecule has 2 rings (SSSR count). The van der Waals surface area contributed by atoms with Crippen LogP contribution in [-0.2, 0) is 6.42 Å². The van der Waals surface area contributed by atoms with E-state index in [9.17, 15) is 0 Å². The summed E-state index contributed by atoms with van der Waals surface area (Å²) in [7, 11) is 0. The van der Waals surface area contributed by atoms with Crippen LogP contribution in [0.5, 0.6) is 0 Å². The summed E-state index contributed by atoms with van der Waals surface area (Å²) in [5.74, 6) is 0. The van der Waals surface area contributed by atoms with Gasteiger partial charge in [0.2, 0.25) is 0 Å². The Labute approximate surface area is 96.7 Å². The molecule has 2 N–H and O–H groups in total. The van der Waals surface area contributed by atoms with Crippen molar-refractivity contribution in [2.45, 2.75) is 51.5 Å². The average Bonchev–Trinajstić information content (AvgIpc) is 2.87. The normalized spacial score (nSPS) is 21.7. The molecule has 84 valence electrons. The first-order chi connectivity index (χ1) is 7.27. The lowest BCUT2D eigenvalue weighted by atomic mass is 9.75. The van der Waals surface area contributed by atoms with Crippen molar-refractivity contribution < 1.29 is 0 Å². The summed E-state index contributed by atoms with van der Waals surface area (Å²) in [5.41, 5.74) is 8.29. The first kappa shape index (κ1) is 11.2. The van der Waals surface area contributed by atoms with E-state index in [4.69, 9.17) is 5.73 Å². The Hall–Kier alpha value is -0.340. The van der Waals surface area contributed by atoms with Gasteiger partial charge in [-0.3, -0.25) is 0 Å². The summed E-state index contributed by atoms with van der Waals surface area (Å²) in [6.07, 6.45) is 7.76. The van der Waals surface area contributed by atoms with E-state index >= 15 is 0 Å². The molecule has 1 atom stereocenters. The highest BCUT2D eigenvalue weighted by molar-refractivity contribution is 7.07. The van der Waals surface area contributed by atoms with Crippen LogP contribution < -0.4 is 5.73 Å². The Balaban J connectivity index is 2.02. The van der Waals surface area contributed by atoms with Gasteiger partial charge in [0.05, 0.1) is 0 Å². The molecule has 1 saturated carbocycles. The molecule has 1 nitrogen and oxygen atoms in total. The van der Waals surface area contributed by atoms with Gasteiger partial charge in [-0.2, -0.15) is 11.3 Å². The number of thiophene rings is 1. The van der Waals surface area contributed by atoms with Gasteiger partial charge in [-0.05, 0) is 53.5 Å². The van der Waals surface area contributed by atoms with Gasteiger partial charge in [-0.1, -0.05) is 19.8 Å². The minimum absolute atomic E-state index is 0.361. The van der Waals surface area contributed by atoms with Gasteiger partial charge < -0.3 is 5.73 Å². The molecule has 1 aromatic rings. The Morgan fingerprint density at radius 3 is 2.73 bits per heavy atom.